The molecule has 22 heavy (non-hydrogen) atoms. The summed E-state index contributed by atoms with van der Waals surface area (Å²) in [5.41, 5.74) is 3.84. The number of H-pyrrole nitrogens is 1. The maximum absolute atomic E-state index is 11.9. The van der Waals surface area contributed by atoms with Gasteiger partial charge in [0.15, 0.2) is 0 Å². The quantitative estimate of drug-likeness (QED) is 0.773. The summed E-state index contributed by atoms with van der Waals surface area (Å²) in [6, 6.07) is 7.77. The number of hydrogen-bond donors (Lipinski definition) is 2. The van der Waals surface area contributed by atoms with Crippen molar-refractivity contribution in [1.29, 1.82) is 0 Å². The van der Waals surface area contributed by atoms with E-state index in [4.69, 9.17) is 4.74 Å². The molecule has 0 bridgehead atoms. The summed E-state index contributed by atoms with van der Waals surface area (Å²) in [5.74, 6) is 0.643. The first kappa shape index (κ1) is 16.1. The van der Waals surface area contributed by atoms with Crippen LogP contribution in [0.3, 0.4) is 0 Å². The van der Waals surface area contributed by atoms with Crippen LogP contribution in [0.5, 0.6) is 5.75 Å². The van der Waals surface area contributed by atoms with E-state index >= 15 is 0 Å². The Morgan fingerprint density at radius 3 is 2.82 bits per heavy atom. The highest BCUT2D eigenvalue weighted by Crippen LogP contribution is 2.16. The van der Waals surface area contributed by atoms with Crippen molar-refractivity contribution in [2.24, 2.45) is 0 Å². The highest BCUT2D eigenvalue weighted by atomic mass is 16.5. The Labute approximate surface area is 131 Å². The Balaban J connectivity index is 1.75. The van der Waals surface area contributed by atoms with Crippen LogP contribution in [0.25, 0.3) is 0 Å². The third kappa shape index (κ3) is 4.35. The molecule has 0 fully saturated rings. The van der Waals surface area contributed by atoms with Crippen LogP contribution >= 0.6 is 0 Å². The Kier molecular flexibility index (Phi) is 5.58. The molecule has 1 aromatic heterocycles. The number of nitrogens with one attached hydrogen (secondary N) is 2. The lowest BCUT2D eigenvalue weighted by Gasteiger charge is -2.08. The molecule has 1 amide bonds. The number of ether oxygens (including phenoxy) is 1. The van der Waals surface area contributed by atoms with Gasteiger partial charge in [0.1, 0.15) is 18.1 Å². The van der Waals surface area contributed by atoms with Gasteiger partial charge in [0.2, 0.25) is 0 Å². The normalized spacial score (nSPS) is 10.5. The van der Waals surface area contributed by atoms with Crippen LogP contribution in [0.15, 0.2) is 24.3 Å². The Morgan fingerprint density at radius 2 is 2.09 bits per heavy atom. The maximum Gasteiger partial charge on any atom is 0.271 e. The molecule has 0 aliphatic carbocycles. The first-order valence-electron chi connectivity index (χ1n) is 7.62. The molecule has 2 rings (SSSR count). The van der Waals surface area contributed by atoms with Gasteiger partial charge in [-0.05, 0) is 49.6 Å². The fourth-order valence-electron chi connectivity index (χ4n) is 2.10. The second kappa shape index (κ2) is 7.64. The van der Waals surface area contributed by atoms with Gasteiger partial charge in [0, 0.05) is 5.69 Å². The Hall–Kier alpha value is -2.30. The average Bonchev–Trinajstić information content (AvgIpc) is 2.96. The molecule has 118 valence electrons. The molecule has 0 radical (unpaired) electrons. The molecule has 0 saturated carbocycles. The van der Waals surface area contributed by atoms with Gasteiger partial charge in [-0.3, -0.25) is 9.89 Å². The predicted octanol–water partition coefficient (Wildman–Crippen LogP) is 2.79. The Morgan fingerprint density at radius 1 is 1.27 bits per heavy atom. The molecule has 1 heterocycles. The molecule has 2 aromatic rings. The van der Waals surface area contributed by atoms with E-state index in [2.05, 4.69) is 36.3 Å². The standard InChI is InChI=1S/C17H23N3O2/c1-4-5-14-11-16(20-19-14)17(21)18-8-9-22-15-7-6-12(2)13(3)10-15/h6-7,10-11H,4-5,8-9H2,1-3H3,(H,18,21)(H,19,20). The zero-order valence-electron chi connectivity index (χ0n) is 13.4. The van der Waals surface area contributed by atoms with Crippen molar-refractivity contribution in [3.8, 4) is 5.75 Å². The highest BCUT2D eigenvalue weighted by molar-refractivity contribution is 5.92. The first-order valence-corrected chi connectivity index (χ1v) is 7.62. The van der Waals surface area contributed by atoms with E-state index < -0.39 is 0 Å². The van der Waals surface area contributed by atoms with Crippen LogP contribution in [0.4, 0.5) is 0 Å². The number of carbonyl (C=O) groups excluding carboxylic acids is 1. The lowest BCUT2D eigenvalue weighted by Crippen LogP contribution is -2.28. The number of aromatic nitrogens is 2. The van der Waals surface area contributed by atoms with Gasteiger partial charge in [-0.25, -0.2) is 0 Å². The van der Waals surface area contributed by atoms with Crippen molar-refractivity contribution in [3.63, 3.8) is 0 Å². The van der Waals surface area contributed by atoms with Gasteiger partial charge in [-0.1, -0.05) is 19.4 Å². The lowest BCUT2D eigenvalue weighted by molar-refractivity contribution is 0.0942. The molecule has 0 atom stereocenters. The molecule has 5 nitrogen and oxygen atoms in total. The van der Waals surface area contributed by atoms with Gasteiger partial charge in [-0.2, -0.15) is 5.10 Å². The SMILES string of the molecule is CCCc1cc(C(=O)NCCOc2ccc(C)c(C)c2)n[nH]1. The number of carbonyl (C=O) groups is 1. The summed E-state index contributed by atoms with van der Waals surface area (Å²) in [6.45, 7) is 7.08. The van der Waals surface area contributed by atoms with Gasteiger partial charge >= 0.3 is 0 Å². The van der Waals surface area contributed by atoms with E-state index in [9.17, 15) is 4.79 Å². The van der Waals surface area contributed by atoms with Crippen LogP contribution in [-0.2, 0) is 6.42 Å². The first-order chi connectivity index (χ1) is 10.6. The fraction of sp³-hybridized carbons (Fsp3) is 0.412. The summed E-state index contributed by atoms with van der Waals surface area (Å²) >= 11 is 0. The maximum atomic E-state index is 11.9. The molecule has 0 aliphatic heterocycles. The molecule has 0 spiro atoms. The van der Waals surface area contributed by atoms with Crippen LogP contribution in [-0.4, -0.2) is 29.3 Å². The van der Waals surface area contributed by atoms with Crippen LogP contribution in [0, 0.1) is 13.8 Å². The largest absolute Gasteiger partial charge is 0.492 e. The summed E-state index contributed by atoms with van der Waals surface area (Å²) in [7, 11) is 0. The molecule has 0 saturated heterocycles. The van der Waals surface area contributed by atoms with Crippen molar-refractivity contribution in [2.45, 2.75) is 33.6 Å². The zero-order chi connectivity index (χ0) is 15.9. The van der Waals surface area contributed by atoms with E-state index in [-0.39, 0.29) is 5.91 Å². The highest BCUT2D eigenvalue weighted by Gasteiger charge is 2.09. The number of aryl methyl sites for hydroxylation is 3. The summed E-state index contributed by atoms with van der Waals surface area (Å²) in [6.07, 6.45) is 1.92. The van der Waals surface area contributed by atoms with Crippen molar-refractivity contribution in [1.82, 2.24) is 15.5 Å². The molecular weight excluding hydrogens is 278 g/mol. The number of rotatable bonds is 7. The summed E-state index contributed by atoms with van der Waals surface area (Å²) < 4.78 is 5.63. The minimum atomic E-state index is -0.178. The molecule has 0 unspecified atom stereocenters. The van der Waals surface area contributed by atoms with E-state index in [1.54, 1.807) is 6.07 Å². The lowest BCUT2D eigenvalue weighted by atomic mass is 10.1. The fourth-order valence-corrected chi connectivity index (χ4v) is 2.10. The smallest absolute Gasteiger partial charge is 0.271 e. The number of aromatic amines is 1. The number of amides is 1. The predicted molar refractivity (Wildman–Crippen MR) is 86.3 cm³/mol. The summed E-state index contributed by atoms with van der Waals surface area (Å²) in [4.78, 5) is 11.9. The van der Waals surface area contributed by atoms with Crippen LogP contribution in [0.2, 0.25) is 0 Å². The van der Waals surface area contributed by atoms with Crippen LogP contribution in [0.1, 0.15) is 40.7 Å². The van der Waals surface area contributed by atoms with E-state index in [1.165, 1.54) is 11.1 Å². The topological polar surface area (TPSA) is 67.0 Å². The number of hydrogen-bond acceptors (Lipinski definition) is 3. The number of nitrogens with zero attached hydrogens (tertiary/aromatic N) is 1. The van der Waals surface area contributed by atoms with Crippen molar-refractivity contribution in [2.75, 3.05) is 13.2 Å². The number of benzene rings is 1. The molecule has 5 heteroatoms. The van der Waals surface area contributed by atoms with Gasteiger partial charge < -0.3 is 10.1 Å². The third-order valence-corrected chi connectivity index (χ3v) is 3.52. The van der Waals surface area contributed by atoms with Gasteiger partial charge in [0.05, 0.1) is 6.54 Å². The van der Waals surface area contributed by atoms with E-state index in [1.807, 2.05) is 18.2 Å². The van der Waals surface area contributed by atoms with Gasteiger partial charge in [-0.15, -0.1) is 0 Å². The molecule has 0 aliphatic rings. The van der Waals surface area contributed by atoms with Crippen LogP contribution < -0.4 is 10.1 Å². The minimum Gasteiger partial charge on any atom is -0.492 e. The second-order valence-electron chi connectivity index (χ2n) is 5.38. The monoisotopic (exact) mass is 301 g/mol. The van der Waals surface area contributed by atoms with Crippen molar-refractivity contribution in [3.05, 3.63) is 46.8 Å². The third-order valence-electron chi connectivity index (χ3n) is 3.52. The molecule has 1 aromatic carbocycles. The summed E-state index contributed by atoms with van der Waals surface area (Å²) in [5, 5.41) is 9.69. The minimum absolute atomic E-state index is 0.178. The molecule has 2 N–H and O–H groups in total. The molecular formula is C17H23N3O2. The van der Waals surface area contributed by atoms with E-state index in [0.29, 0.717) is 18.8 Å². The average molecular weight is 301 g/mol. The van der Waals surface area contributed by atoms with Gasteiger partial charge in [0.25, 0.3) is 5.91 Å². The Bertz CT molecular complexity index is 635. The van der Waals surface area contributed by atoms with E-state index in [0.717, 1.165) is 24.3 Å². The van der Waals surface area contributed by atoms with Crippen molar-refractivity contribution < 1.29 is 9.53 Å². The second-order valence-corrected chi connectivity index (χ2v) is 5.38. The van der Waals surface area contributed by atoms with Crippen molar-refractivity contribution >= 4 is 5.91 Å². The zero-order valence-corrected chi connectivity index (χ0v) is 13.4.